The highest BCUT2D eigenvalue weighted by Gasteiger charge is 2.16. The lowest BCUT2D eigenvalue weighted by Gasteiger charge is -2.13. The molecule has 4 aromatic rings. The maximum Gasteiger partial charge on any atom is 0.276 e. The van der Waals surface area contributed by atoms with Crippen LogP contribution in [0.25, 0.3) is 15.9 Å². The number of thioether (sulfide) groups is 1. The van der Waals surface area contributed by atoms with Gasteiger partial charge < -0.3 is 10.1 Å². The molecular formula is C24H23N3O3S2. The van der Waals surface area contributed by atoms with E-state index in [1.807, 2.05) is 61.7 Å². The van der Waals surface area contributed by atoms with Gasteiger partial charge in [-0.3, -0.25) is 14.2 Å². The summed E-state index contributed by atoms with van der Waals surface area (Å²) in [5, 5.41) is 5.28. The highest BCUT2D eigenvalue weighted by atomic mass is 32.2. The average Bonchev–Trinajstić information content (AvgIpc) is 3.25. The van der Waals surface area contributed by atoms with E-state index in [1.165, 1.54) is 23.1 Å². The lowest BCUT2D eigenvalue weighted by atomic mass is 10.1. The molecule has 1 amide bonds. The Kier molecular flexibility index (Phi) is 6.62. The van der Waals surface area contributed by atoms with Crippen LogP contribution in [0.1, 0.15) is 16.7 Å². The number of aromatic nitrogens is 2. The molecule has 0 bridgehead atoms. The van der Waals surface area contributed by atoms with Gasteiger partial charge in [-0.25, -0.2) is 4.98 Å². The first-order chi connectivity index (χ1) is 15.4. The molecular weight excluding hydrogens is 442 g/mol. The molecule has 0 spiro atoms. The molecule has 2 aromatic heterocycles. The van der Waals surface area contributed by atoms with E-state index in [1.54, 1.807) is 11.7 Å². The third kappa shape index (κ3) is 4.87. The maximum atomic E-state index is 13.3. The van der Waals surface area contributed by atoms with Crippen LogP contribution >= 0.6 is 23.1 Å². The number of nitrogens with one attached hydrogen (secondary N) is 1. The summed E-state index contributed by atoms with van der Waals surface area (Å²) in [6.07, 6.45) is 0. The Morgan fingerprint density at radius 3 is 2.53 bits per heavy atom. The Morgan fingerprint density at radius 1 is 1.12 bits per heavy atom. The predicted octanol–water partition coefficient (Wildman–Crippen LogP) is 4.48. The molecule has 1 N–H and O–H groups in total. The van der Waals surface area contributed by atoms with Gasteiger partial charge in [0.2, 0.25) is 5.91 Å². The number of carbonyl (C=O) groups is 1. The van der Waals surface area contributed by atoms with Crippen LogP contribution in [-0.4, -0.2) is 28.3 Å². The van der Waals surface area contributed by atoms with E-state index in [-0.39, 0.29) is 17.2 Å². The Hall–Kier alpha value is -3.10. The molecule has 0 unspecified atom stereocenters. The van der Waals surface area contributed by atoms with Crippen LogP contribution in [-0.2, 0) is 11.3 Å². The van der Waals surface area contributed by atoms with Crippen molar-refractivity contribution < 1.29 is 9.53 Å². The number of hydrogen-bond acceptors (Lipinski definition) is 6. The minimum atomic E-state index is -0.127. The number of rotatable bonds is 7. The van der Waals surface area contributed by atoms with Crippen LogP contribution in [0.15, 0.2) is 63.9 Å². The van der Waals surface area contributed by atoms with Gasteiger partial charge in [-0.15, -0.1) is 11.3 Å². The van der Waals surface area contributed by atoms with Crippen molar-refractivity contribution in [1.82, 2.24) is 14.9 Å². The number of carbonyl (C=O) groups excluding carboxylic acids is 1. The molecule has 0 aliphatic carbocycles. The minimum Gasteiger partial charge on any atom is -0.497 e. The van der Waals surface area contributed by atoms with E-state index >= 15 is 0 Å². The standard InChI is InChI=1S/C24H23N3O3S2/c1-15-10-16(2)12-18(11-15)27-23(29)22-20(8-9-31-22)26-24(27)32-14-21(28)25-13-17-4-6-19(30-3)7-5-17/h4-12H,13-14H2,1-3H3,(H,25,28). The van der Waals surface area contributed by atoms with Gasteiger partial charge in [0.25, 0.3) is 5.56 Å². The second kappa shape index (κ2) is 9.58. The molecule has 164 valence electrons. The zero-order chi connectivity index (χ0) is 22.7. The second-order valence-electron chi connectivity index (χ2n) is 7.43. The summed E-state index contributed by atoms with van der Waals surface area (Å²) >= 11 is 2.64. The number of fused-ring (bicyclic) bond motifs is 1. The molecule has 0 saturated carbocycles. The summed E-state index contributed by atoms with van der Waals surface area (Å²) in [5.41, 5.74) is 4.40. The van der Waals surface area contributed by atoms with Crippen molar-refractivity contribution in [1.29, 1.82) is 0 Å². The van der Waals surface area contributed by atoms with Crippen molar-refractivity contribution in [3.05, 3.63) is 81.0 Å². The first kappa shape index (κ1) is 22.1. The van der Waals surface area contributed by atoms with E-state index in [2.05, 4.69) is 16.4 Å². The van der Waals surface area contributed by atoms with Crippen molar-refractivity contribution >= 4 is 39.2 Å². The van der Waals surface area contributed by atoms with E-state index in [0.717, 1.165) is 28.1 Å². The first-order valence-electron chi connectivity index (χ1n) is 10.1. The van der Waals surface area contributed by atoms with Gasteiger partial charge in [0, 0.05) is 6.54 Å². The molecule has 2 heterocycles. The highest BCUT2D eigenvalue weighted by Crippen LogP contribution is 2.24. The average molecular weight is 466 g/mol. The minimum absolute atomic E-state index is 0.115. The Bertz CT molecular complexity index is 1310. The fraction of sp³-hybridized carbons (Fsp3) is 0.208. The third-order valence-electron chi connectivity index (χ3n) is 4.89. The van der Waals surface area contributed by atoms with Crippen molar-refractivity contribution in [2.24, 2.45) is 0 Å². The predicted molar refractivity (Wildman–Crippen MR) is 130 cm³/mol. The van der Waals surface area contributed by atoms with Gasteiger partial charge in [-0.05, 0) is 66.2 Å². The maximum absolute atomic E-state index is 13.3. The summed E-state index contributed by atoms with van der Waals surface area (Å²) in [6, 6.07) is 15.4. The lowest BCUT2D eigenvalue weighted by Crippen LogP contribution is -2.26. The molecule has 0 radical (unpaired) electrons. The summed E-state index contributed by atoms with van der Waals surface area (Å²) in [4.78, 5) is 30.4. The van der Waals surface area contributed by atoms with Crippen LogP contribution in [0.2, 0.25) is 0 Å². The number of thiophene rings is 1. The zero-order valence-corrected chi connectivity index (χ0v) is 19.7. The van der Waals surface area contributed by atoms with Gasteiger partial charge in [0.1, 0.15) is 10.4 Å². The smallest absolute Gasteiger partial charge is 0.276 e. The largest absolute Gasteiger partial charge is 0.497 e. The number of hydrogen-bond donors (Lipinski definition) is 1. The molecule has 0 atom stereocenters. The second-order valence-corrected chi connectivity index (χ2v) is 9.29. The molecule has 0 aliphatic rings. The van der Waals surface area contributed by atoms with Crippen LogP contribution in [0.5, 0.6) is 5.75 Å². The lowest BCUT2D eigenvalue weighted by molar-refractivity contribution is -0.118. The zero-order valence-electron chi connectivity index (χ0n) is 18.0. The number of ether oxygens (including phenoxy) is 1. The van der Waals surface area contributed by atoms with Gasteiger partial charge >= 0.3 is 0 Å². The molecule has 32 heavy (non-hydrogen) atoms. The fourth-order valence-electron chi connectivity index (χ4n) is 3.42. The van der Waals surface area contributed by atoms with Gasteiger partial charge in [-0.1, -0.05) is 30.0 Å². The Morgan fingerprint density at radius 2 is 1.84 bits per heavy atom. The molecule has 0 aliphatic heterocycles. The molecule has 2 aromatic carbocycles. The number of benzene rings is 2. The van der Waals surface area contributed by atoms with Crippen molar-refractivity contribution in [2.75, 3.05) is 12.9 Å². The third-order valence-corrected chi connectivity index (χ3v) is 6.73. The Labute approximate surface area is 194 Å². The number of nitrogens with zero attached hydrogens (tertiary/aromatic N) is 2. The van der Waals surface area contributed by atoms with Gasteiger partial charge in [0.15, 0.2) is 5.16 Å². The number of aryl methyl sites for hydroxylation is 2. The number of amides is 1. The number of methoxy groups -OCH3 is 1. The molecule has 4 rings (SSSR count). The monoisotopic (exact) mass is 465 g/mol. The van der Waals surface area contributed by atoms with E-state index < -0.39 is 0 Å². The van der Waals surface area contributed by atoms with Crippen molar-refractivity contribution in [3.8, 4) is 11.4 Å². The molecule has 0 saturated heterocycles. The quantitative estimate of drug-likeness (QED) is 0.322. The summed E-state index contributed by atoms with van der Waals surface area (Å²) in [7, 11) is 1.62. The normalized spacial score (nSPS) is 11.0. The highest BCUT2D eigenvalue weighted by molar-refractivity contribution is 7.99. The topological polar surface area (TPSA) is 73.2 Å². The molecule has 6 nitrogen and oxygen atoms in total. The van der Waals surface area contributed by atoms with Crippen molar-refractivity contribution in [2.45, 2.75) is 25.5 Å². The fourth-order valence-corrected chi connectivity index (χ4v) is 5.02. The van der Waals surface area contributed by atoms with Crippen LogP contribution < -0.4 is 15.6 Å². The van der Waals surface area contributed by atoms with Crippen LogP contribution in [0, 0.1) is 13.8 Å². The van der Waals surface area contributed by atoms with E-state index in [4.69, 9.17) is 4.74 Å². The summed E-state index contributed by atoms with van der Waals surface area (Å²) < 4.78 is 7.37. The van der Waals surface area contributed by atoms with Gasteiger partial charge in [-0.2, -0.15) is 0 Å². The van der Waals surface area contributed by atoms with Crippen LogP contribution in [0.3, 0.4) is 0 Å². The first-order valence-corrected chi connectivity index (χ1v) is 11.9. The summed E-state index contributed by atoms with van der Waals surface area (Å²) in [6.45, 7) is 4.42. The van der Waals surface area contributed by atoms with E-state index in [0.29, 0.717) is 21.9 Å². The van der Waals surface area contributed by atoms with Gasteiger partial charge in [0.05, 0.1) is 24.1 Å². The SMILES string of the molecule is COc1ccc(CNC(=O)CSc2nc3ccsc3c(=O)n2-c2cc(C)cc(C)c2)cc1. The summed E-state index contributed by atoms with van der Waals surface area (Å²) in [5.74, 6) is 0.801. The Balaban J connectivity index is 1.55. The molecule has 8 heteroatoms. The molecule has 0 fully saturated rings. The van der Waals surface area contributed by atoms with E-state index in [9.17, 15) is 9.59 Å². The van der Waals surface area contributed by atoms with Crippen LogP contribution in [0.4, 0.5) is 0 Å². The van der Waals surface area contributed by atoms with Crippen molar-refractivity contribution in [3.63, 3.8) is 0 Å².